The van der Waals surface area contributed by atoms with Crippen LogP contribution in [0, 0.1) is 0 Å². The molecular formula is C7H13N3OS. The number of aliphatic hydroxyl groups excluding tert-OH is 1. The van der Waals surface area contributed by atoms with Crippen molar-refractivity contribution in [3.63, 3.8) is 0 Å². The third kappa shape index (κ3) is 2.42. The molecule has 0 atom stereocenters. The normalized spacial score (nSPS) is 10.5. The number of aryl methyl sites for hydroxylation is 1. The molecule has 0 fully saturated rings. The van der Waals surface area contributed by atoms with E-state index in [1.165, 1.54) is 0 Å². The number of hydrogen-bond acceptors (Lipinski definition) is 4. The van der Waals surface area contributed by atoms with E-state index in [0.717, 1.165) is 17.2 Å². The van der Waals surface area contributed by atoms with Crippen LogP contribution in [0.2, 0.25) is 0 Å². The van der Waals surface area contributed by atoms with Gasteiger partial charge >= 0.3 is 0 Å². The van der Waals surface area contributed by atoms with Gasteiger partial charge in [0.15, 0.2) is 0 Å². The maximum absolute atomic E-state index is 8.55. The summed E-state index contributed by atoms with van der Waals surface area (Å²) < 4.78 is 1.69. The first-order valence-corrected chi connectivity index (χ1v) is 4.75. The number of aromatic nitrogens is 2. The van der Waals surface area contributed by atoms with Crippen LogP contribution in [0.4, 0.5) is 5.69 Å². The predicted molar refractivity (Wildman–Crippen MR) is 50.0 cm³/mol. The SMILES string of the molecule is Cn1cc(N)c(SCCCO)n1. The molecule has 0 unspecified atom stereocenters. The molecule has 1 heterocycles. The summed E-state index contributed by atoms with van der Waals surface area (Å²) in [6.07, 6.45) is 2.56. The molecule has 0 spiro atoms. The average molecular weight is 187 g/mol. The summed E-state index contributed by atoms with van der Waals surface area (Å²) in [4.78, 5) is 0. The summed E-state index contributed by atoms with van der Waals surface area (Å²) in [5.74, 6) is 0.859. The highest BCUT2D eigenvalue weighted by molar-refractivity contribution is 7.99. The molecule has 3 N–H and O–H groups in total. The topological polar surface area (TPSA) is 64.1 Å². The fourth-order valence-corrected chi connectivity index (χ4v) is 1.70. The maximum atomic E-state index is 8.55. The van der Waals surface area contributed by atoms with Crippen molar-refractivity contribution in [1.29, 1.82) is 0 Å². The van der Waals surface area contributed by atoms with Gasteiger partial charge in [-0.3, -0.25) is 4.68 Å². The van der Waals surface area contributed by atoms with E-state index in [1.54, 1.807) is 22.6 Å². The highest BCUT2D eigenvalue weighted by Crippen LogP contribution is 2.22. The molecule has 0 aliphatic heterocycles. The Morgan fingerprint density at radius 1 is 1.75 bits per heavy atom. The highest BCUT2D eigenvalue weighted by atomic mass is 32.2. The van der Waals surface area contributed by atoms with Crippen LogP contribution in [-0.2, 0) is 7.05 Å². The van der Waals surface area contributed by atoms with Gasteiger partial charge in [0, 0.05) is 25.6 Å². The molecule has 0 saturated carbocycles. The molecule has 4 nitrogen and oxygen atoms in total. The minimum atomic E-state index is 0.222. The Bertz CT molecular complexity index is 249. The number of nitrogens with two attached hydrogens (primary N) is 1. The molecule has 12 heavy (non-hydrogen) atoms. The lowest BCUT2D eigenvalue weighted by molar-refractivity contribution is 0.296. The van der Waals surface area contributed by atoms with Gasteiger partial charge in [0.2, 0.25) is 0 Å². The van der Waals surface area contributed by atoms with Crippen molar-refractivity contribution < 1.29 is 5.11 Å². The second-order valence-electron chi connectivity index (χ2n) is 2.49. The molecule has 1 rings (SSSR count). The van der Waals surface area contributed by atoms with Gasteiger partial charge in [-0.2, -0.15) is 5.10 Å². The quantitative estimate of drug-likeness (QED) is 0.531. The molecule has 0 aliphatic rings. The van der Waals surface area contributed by atoms with E-state index in [1.807, 2.05) is 7.05 Å². The molecule has 1 aromatic rings. The molecule has 68 valence electrons. The van der Waals surface area contributed by atoms with Crippen LogP contribution < -0.4 is 5.73 Å². The van der Waals surface area contributed by atoms with E-state index in [9.17, 15) is 0 Å². The van der Waals surface area contributed by atoms with Crippen LogP contribution in [0.15, 0.2) is 11.2 Å². The summed E-state index contributed by atoms with van der Waals surface area (Å²) in [7, 11) is 1.84. The van der Waals surface area contributed by atoms with Crippen molar-refractivity contribution in [2.45, 2.75) is 11.4 Å². The zero-order chi connectivity index (χ0) is 8.97. The Kier molecular flexibility index (Phi) is 3.43. The van der Waals surface area contributed by atoms with Crippen molar-refractivity contribution in [1.82, 2.24) is 9.78 Å². The van der Waals surface area contributed by atoms with Crippen molar-refractivity contribution in [2.75, 3.05) is 18.1 Å². The van der Waals surface area contributed by atoms with Gasteiger partial charge in [-0.25, -0.2) is 0 Å². The summed E-state index contributed by atoms with van der Waals surface area (Å²) in [5, 5.41) is 13.6. The molecule has 0 bridgehead atoms. The van der Waals surface area contributed by atoms with E-state index >= 15 is 0 Å². The number of nitrogens with zero attached hydrogens (tertiary/aromatic N) is 2. The number of hydrogen-bond donors (Lipinski definition) is 2. The second-order valence-corrected chi connectivity index (χ2v) is 3.57. The number of nitrogen functional groups attached to an aromatic ring is 1. The first kappa shape index (κ1) is 9.41. The summed E-state index contributed by atoms with van der Waals surface area (Å²) in [6.45, 7) is 0.222. The van der Waals surface area contributed by atoms with Gasteiger partial charge in [-0.1, -0.05) is 0 Å². The number of aliphatic hydroxyl groups is 1. The Morgan fingerprint density at radius 3 is 3.00 bits per heavy atom. The Hall–Kier alpha value is -0.680. The third-order valence-corrected chi connectivity index (χ3v) is 2.45. The Morgan fingerprint density at radius 2 is 2.50 bits per heavy atom. The highest BCUT2D eigenvalue weighted by Gasteiger charge is 2.03. The van der Waals surface area contributed by atoms with E-state index in [0.29, 0.717) is 5.69 Å². The molecule has 0 amide bonds. The molecule has 0 saturated heterocycles. The molecule has 0 radical (unpaired) electrons. The van der Waals surface area contributed by atoms with E-state index in [2.05, 4.69) is 5.10 Å². The minimum Gasteiger partial charge on any atom is -0.396 e. The first-order chi connectivity index (χ1) is 5.74. The van der Waals surface area contributed by atoms with Crippen molar-refractivity contribution >= 4 is 17.4 Å². The molecular weight excluding hydrogens is 174 g/mol. The van der Waals surface area contributed by atoms with E-state index < -0.39 is 0 Å². The lowest BCUT2D eigenvalue weighted by atomic mass is 10.5. The average Bonchev–Trinajstić information content (AvgIpc) is 2.31. The summed E-state index contributed by atoms with van der Waals surface area (Å²) in [5.41, 5.74) is 6.37. The number of thioether (sulfide) groups is 1. The zero-order valence-corrected chi connectivity index (χ0v) is 7.84. The van der Waals surface area contributed by atoms with Gasteiger partial charge in [0.05, 0.1) is 5.69 Å². The largest absolute Gasteiger partial charge is 0.396 e. The van der Waals surface area contributed by atoms with Crippen molar-refractivity contribution in [3.05, 3.63) is 6.20 Å². The molecule has 5 heteroatoms. The van der Waals surface area contributed by atoms with Crippen LogP contribution in [-0.4, -0.2) is 27.2 Å². The standard InChI is InChI=1S/C7H13N3OS/c1-10-5-6(8)7(9-10)12-4-2-3-11/h5,11H,2-4,8H2,1H3. The van der Waals surface area contributed by atoms with Crippen LogP contribution >= 0.6 is 11.8 Å². The van der Waals surface area contributed by atoms with Gasteiger partial charge in [-0.15, -0.1) is 11.8 Å². The number of rotatable bonds is 4. The smallest absolute Gasteiger partial charge is 0.141 e. The molecule has 0 aromatic carbocycles. The first-order valence-electron chi connectivity index (χ1n) is 3.77. The van der Waals surface area contributed by atoms with Crippen LogP contribution in [0.1, 0.15) is 6.42 Å². The summed E-state index contributed by atoms with van der Waals surface area (Å²) in [6, 6.07) is 0. The van der Waals surface area contributed by atoms with Crippen LogP contribution in [0.3, 0.4) is 0 Å². The van der Waals surface area contributed by atoms with Crippen LogP contribution in [0.5, 0.6) is 0 Å². The lowest BCUT2D eigenvalue weighted by Crippen LogP contribution is -1.89. The monoisotopic (exact) mass is 187 g/mol. The minimum absolute atomic E-state index is 0.222. The van der Waals surface area contributed by atoms with Gasteiger partial charge in [0.25, 0.3) is 0 Å². The maximum Gasteiger partial charge on any atom is 0.141 e. The fourth-order valence-electron chi connectivity index (χ4n) is 0.832. The van der Waals surface area contributed by atoms with Gasteiger partial charge < -0.3 is 10.8 Å². The van der Waals surface area contributed by atoms with Crippen molar-refractivity contribution in [2.24, 2.45) is 7.05 Å². The second kappa shape index (κ2) is 4.37. The van der Waals surface area contributed by atoms with Gasteiger partial charge in [-0.05, 0) is 6.42 Å². The lowest BCUT2D eigenvalue weighted by Gasteiger charge is -1.95. The van der Waals surface area contributed by atoms with E-state index in [4.69, 9.17) is 10.8 Å². The Labute approximate surface area is 75.8 Å². The van der Waals surface area contributed by atoms with Gasteiger partial charge in [0.1, 0.15) is 5.03 Å². The Balaban J connectivity index is 2.45. The predicted octanol–water partition coefficient (Wildman–Crippen LogP) is 0.477. The molecule has 1 aromatic heterocycles. The third-order valence-electron chi connectivity index (χ3n) is 1.36. The summed E-state index contributed by atoms with van der Waals surface area (Å²) >= 11 is 1.58. The number of anilines is 1. The van der Waals surface area contributed by atoms with E-state index in [-0.39, 0.29) is 6.61 Å². The van der Waals surface area contributed by atoms with Crippen LogP contribution in [0.25, 0.3) is 0 Å². The van der Waals surface area contributed by atoms with Crippen molar-refractivity contribution in [3.8, 4) is 0 Å². The zero-order valence-electron chi connectivity index (χ0n) is 7.03. The molecule has 0 aliphatic carbocycles. The fraction of sp³-hybridized carbons (Fsp3) is 0.571.